The number of hydrogen-bond acceptors (Lipinski definition) is 4. The van der Waals surface area contributed by atoms with Gasteiger partial charge in [0.05, 0.1) is 13.2 Å². The van der Waals surface area contributed by atoms with E-state index < -0.39 is 5.97 Å². The molecular formula is C14H17NO4. The van der Waals surface area contributed by atoms with Crippen LogP contribution in [0.4, 0.5) is 0 Å². The van der Waals surface area contributed by atoms with E-state index in [2.05, 4.69) is 5.32 Å². The van der Waals surface area contributed by atoms with Crippen molar-refractivity contribution < 1.29 is 19.1 Å². The number of furan rings is 1. The van der Waals surface area contributed by atoms with Gasteiger partial charge in [0.2, 0.25) is 0 Å². The third-order valence-electron chi connectivity index (χ3n) is 2.91. The summed E-state index contributed by atoms with van der Waals surface area (Å²) in [6.45, 7) is 2.88. The van der Waals surface area contributed by atoms with Crippen LogP contribution in [0.25, 0.3) is 11.0 Å². The molecule has 1 aromatic carbocycles. The third-order valence-corrected chi connectivity index (χ3v) is 2.91. The lowest BCUT2D eigenvalue weighted by Crippen LogP contribution is -2.29. The molecule has 0 spiro atoms. The summed E-state index contributed by atoms with van der Waals surface area (Å²) in [5.41, 5.74) is 0.823. The van der Waals surface area contributed by atoms with Crippen molar-refractivity contribution in [3.05, 3.63) is 35.6 Å². The van der Waals surface area contributed by atoms with Crippen molar-refractivity contribution in [3.8, 4) is 0 Å². The van der Waals surface area contributed by atoms with E-state index >= 15 is 0 Å². The summed E-state index contributed by atoms with van der Waals surface area (Å²) in [5.74, 6) is -0.530. The molecule has 2 aromatic rings. The number of methoxy groups -OCH3 is 1. The first kappa shape index (κ1) is 13.6. The zero-order valence-corrected chi connectivity index (χ0v) is 11.0. The topological polar surface area (TPSA) is 71.7 Å². The molecule has 1 aromatic heterocycles. The van der Waals surface area contributed by atoms with Crippen molar-refractivity contribution in [1.29, 1.82) is 0 Å². The van der Waals surface area contributed by atoms with Gasteiger partial charge in [0.15, 0.2) is 0 Å². The zero-order chi connectivity index (χ0) is 13.8. The molecule has 0 aliphatic heterocycles. The Hall–Kier alpha value is -1.85. The smallest absolute Gasteiger partial charge is 0.339 e. The second-order valence-corrected chi connectivity index (χ2v) is 4.44. The number of benzene rings is 1. The fourth-order valence-corrected chi connectivity index (χ4v) is 2.03. The van der Waals surface area contributed by atoms with Crippen LogP contribution in [0.1, 0.15) is 23.0 Å². The molecule has 0 fully saturated rings. The summed E-state index contributed by atoms with van der Waals surface area (Å²) in [6, 6.07) is 7.27. The lowest BCUT2D eigenvalue weighted by Gasteiger charge is -2.11. The Kier molecular flexibility index (Phi) is 4.19. The van der Waals surface area contributed by atoms with Gasteiger partial charge in [-0.15, -0.1) is 0 Å². The number of rotatable bonds is 6. The number of carbonyl (C=O) groups is 1. The summed E-state index contributed by atoms with van der Waals surface area (Å²) in [5, 5.41) is 13.1. The number of hydrogen-bond donors (Lipinski definition) is 2. The van der Waals surface area contributed by atoms with E-state index in [9.17, 15) is 9.90 Å². The van der Waals surface area contributed by atoms with Crippen LogP contribution in [0, 0.1) is 0 Å². The Morgan fingerprint density at radius 1 is 1.47 bits per heavy atom. The molecule has 102 valence electrons. The average Bonchev–Trinajstić information content (AvgIpc) is 2.75. The van der Waals surface area contributed by atoms with Crippen LogP contribution in [-0.2, 0) is 11.3 Å². The molecule has 1 unspecified atom stereocenters. The monoisotopic (exact) mass is 263 g/mol. The van der Waals surface area contributed by atoms with E-state index in [4.69, 9.17) is 9.15 Å². The number of ether oxygens (including phenoxy) is 1. The first-order valence-electron chi connectivity index (χ1n) is 6.09. The molecule has 2 N–H and O–H groups in total. The molecule has 0 aliphatic carbocycles. The van der Waals surface area contributed by atoms with E-state index in [1.165, 1.54) is 0 Å². The summed E-state index contributed by atoms with van der Waals surface area (Å²) in [6.07, 6.45) is 0. The highest BCUT2D eigenvalue weighted by atomic mass is 16.5. The second-order valence-electron chi connectivity index (χ2n) is 4.44. The Morgan fingerprint density at radius 3 is 2.89 bits per heavy atom. The van der Waals surface area contributed by atoms with E-state index in [-0.39, 0.29) is 11.6 Å². The van der Waals surface area contributed by atoms with E-state index in [1.54, 1.807) is 25.3 Å². The molecule has 0 radical (unpaired) electrons. The second kappa shape index (κ2) is 5.86. The summed E-state index contributed by atoms with van der Waals surface area (Å²) >= 11 is 0. The minimum absolute atomic E-state index is 0.125. The maximum Gasteiger partial charge on any atom is 0.339 e. The molecule has 5 nitrogen and oxygen atoms in total. The molecular weight excluding hydrogens is 246 g/mol. The summed E-state index contributed by atoms with van der Waals surface area (Å²) in [4.78, 5) is 11.4. The fourth-order valence-electron chi connectivity index (χ4n) is 2.03. The number of fused-ring (bicyclic) bond motifs is 1. The van der Waals surface area contributed by atoms with Crippen molar-refractivity contribution in [3.63, 3.8) is 0 Å². The lowest BCUT2D eigenvalue weighted by atomic mass is 10.1. The summed E-state index contributed by atoms with van der Waals surface area (Å²) in [7, 11) is 1.63. The first-order valence-corrected chi connectivity index (χ1v) is 6.09. The largest absolute Gasteiger partial charge is 0.478 e. The fraction of sp³-hybridized carbons (Fsp3) is 0.357. The molecule has 0 saturated carbocycles. The van der Waals surface area contributed by atoms with Crippen LogP contribution < -0.4 is 5.32 Å². The van der Waals surface area contributed by atoms with Crippen LogP contribution >= 0.6 is 0 Å². The quantitative estimate of drug-likeness (QED) is 0.836. The van der Waals surface area contributed by atoms with Gasteiger partial charge in [0, 0.05) is 18.5 Å². The van der Waals surface area contributed by atoms with E-state index in [0.717, 1.165) is 0 Å². The third kappa shape index (κ3) is 2.94. The van der Waals surface area contributed by atoms with E-state index in [0.29, 0.717) is 29.9 Å². The van der Waals surface area contributed by atoms with Gasteiger partial charge >= 0.3 is 5.97 Å². The van der Waals surface area contributed by atoms with Crippen LogP contribution in [-0.4, -0.2) is 30.8 Å². The average molecular weight is 263 g/mol. The highest BCUT2D eigenvalue weighted by Gasteiger charge is 2.19. The Bertz CT molecular complexity index is 576. The number of aromatic carboxylic acids is 1. The molecule has 0 bridgehead atoms. The van der Waals surface area contributed by atoms with Crippen LogP contribution in [0.2, 0.25) is 0 Å². The highest BCUT2D eigenvalue weighted by molar-refractivity contribution is 6.03. The maximum absolute atomic E-state index is 11.4. The van der Waals surface area contributed by atoms with Crippen LogP contribution in [0.15, 0.2) is 28.7 Å². The number of carboxylic acid groups (broad SMARTS) is 1. The van der Waals surface area contributed by atoms with Gasteiger partial charge < -0.3 is 19.6 Å². The molecule has 0 amide bonds. The lowest BCUT2D eigenvalue weighted by molar-refractivity contribution is 0.0696. The molecule has 0 aliphatic rings. The zero-order valence-electron chi connectivity index (χ0n) is 11.0. The molecule has 5 heteroatoms. The Balaban J connectivity index is 2.27. The SMILES string of the molecule is COCC(C)NCc1oc2ccccc2c1C(=O)O. The molecule has 0 saturated heterocycles. The van der Waals surface area contributed by atoms with Crippen molar-refractivity contribution in [1.82, 2.24) is 5.32 Å². The van der Waals surface area contributed by atoms with Gasteiger partial charge in [-0.3, -0.25) is 0 Å². The van der Waals surface area contributed by atoms with Crippen LogP contribution in [0.3, 0.4) is 0 Å². The van der Waals surface area contributed by atoms with Crippen molar-refractivity contribution in [2.45, 2.75) is 19.5 Å². The minimum Gasteiger partial charge on any atom is -0.478 e. The summed E-state index contributed by atoms with van der Waals surface area (Å²) < 4.78 is 10.6. The molecule has 19 heavy (non-hydrogen) atoms. The predicted molar refractivity (Wildman–Crippen MR) is 71.4 cm³/mol. The minimum atomic E-state index is -0.971. The number of nitrogens with one attached hydrogen (secondary N) is 1. The predicted octanol–water partition coefficient (Wildman–Crippen LogP) is 2.26. The molecule has 1 heterocycles. The molecule has 2 rings (SSSR count). The molecule has 1 atom stereocenters. The van der Waals surface area contributed by atoms with Crippen molar-refractivity contribution in [2.24, 2.45) is 0 Å². The van der Waals surface area contributed by atoms with Crippen molar-refractivity contribution in [2.75, 3.05) is 13.7 Å². The van der Waals surface area contributed by atoms with Gasteiger partial charge in [-0.1, -0.05) is 18.2 Å². The van der Waals surface area contributed by atoms with Crippen LogP contribution in [0.5, 0.6) is 0 Å². The standard InChI is InChI=1S/C14H17NO4/c1-9(8-18-2)15-7-12-13(14(16)17)10-5-3-4-6-11(10)19-12/h3-6,9,15H,7-8H2,1-2H3,(H,16,17). The maximum atomic E-state index is 11.4. The Labute approximate surface area is 111 Å². The van der Waals surface area contributed by atoms with Gasteiger partial charge in [0.1, 0.15) is 16.9 Å². The van der Waals surface area contributed by atoms with Gasteiger partial charge in [-0.2, -0.15) is 0 Å². The normalized spacial score (nSPS) is 12.7. The first-order chi connectivity index (χ1) is 9.13. The van der Waals surface area contributed by atoms with Gasteiger partial charge in [-0.25, -0.2) is 4.79 Å². The van der Waals surface area contributed by atoms with Crippen molar-refractivity contribution >= 4 is 16.9 Å². The van der Waals surface area contributed by atoms with Gasteiger partial charge in [-0.05, 0) is 13.0 Å². The van der Waals surface area contributed by atoms with Gasteiger partial charge in [0.25, 0.3) is 0 Å². The Morgan fingerprint density at radius 2 is 2.21 bits per heavy atom. The number of carboxylic acids is 1. The number of para-hydroxylation sites is 1. The highest BCUT2D eigenvalue weighted by Crippen LogP contribution is 2.25. The van der Waals surface area contributed by atoms with E-state index in [1.807, 2.05) is 13.0 Å².